The zero-order valence-electron chi connectivity index (χ0n) is 51.8. The highest BCUT2D eigenvalue weighted by molar-refractivity contribution is 7.59. The molecule has 0 N–H and O–H groups in total. The number of benzene rings is 4. The Morgan fingerprint density at radius 1 is 0.686 bits per heavy atom. The zero-order chi connectivity index (χ0) is 57.6. The Morgan fingerprint density at radius 2 is 1.30 bits per heavy atom. The number of hydrogen-bond acceptors (Lipinski definition) is 8. The van der Waals surface area contributed by atoms with Gasteiger partial charge in [0.2, 0.25) is 12.0 Å². The van der Waals surface area contributed by atoms with E-state index in [2.05, 4.69) is 108 Å². The Kier molecular flexibility index (Phi) is 34.9. The van der Waals surface area contributed by atoms with E-state index in [4.69, 9.17) is 34.7 Å². The van der Waals surface area contributed by atoms with Crippen LogP contribution >= 0.6 is 40.5 Å². The van der Waals surface area contributed by atoms with E-state index in [1.807, 2.05) is 48.5 Å². The third-order valence-corrected chi connectivity index (χ3v) is 19.1. The largest absolute Gasteiger partial charge is 0.511 e. The summed E-state index contributed by atoms with van der Waals surface area (Å²) in [6.07, 6.45) is 27.2. The molecule has 0 amide bonds. The Labute approximate surface area is 545 Å². The monoisotopic (exact) mass is 1240 g/mol. The van der Waals surface area contributed by atoms with Crippen molar-refractivity contribution in [3.8, 4) is 35.1 Å². The van der Waals surface area contributed by atoms with Crippen LogP contribution in [0.25, 0.3) is 11.1 Å². The molecule has 0 aromatic heterocycles. The SMILES string of the molecule is C.C.CCCCCC(OC(=O)O[C@H]1CC[C@@]2(C)C(=CC[C@H]3[C@@H]4CC[C@H]([C@H](C)CCCC(C)C)[C@@]4(C)CC[C@@H]32)C1)Oc1ccc(C#N)cc1.CCCC[N+](=CCOCCCCCc1ccc(-c2ccc(C#N)cc2)cc1)c1ccc(C#N)cc1.S.S.S.[2HH].[2HH]. The molecule has 4 aromatic rings. The summed E-state index contributed by atoms with van der Waals surface area (Å²) in [6.45, 7) is 19.1. The van der Waals surface area contributed by atoms with Crippen molar-refractivity contribution in [2.24, 2.45) is 46.3 Å². The molecular formula is C74H113N4O5S3+. The molecule has 0 radical (unpaired) electrons. The second-order valence-corrected chi connectivity index (χ2v) is 25.0. The summed E-state index contributed by atoms with van der Waals surface area (Å²) in [4.78, 5) is 13.1. The van der Waals surface area contributed by atoms with E-state index in [9.17, 15) is 4.79 Å². The van der Waals surface area contributed by atoms with Crippen molar-refractivity contribution in [1.82, 2.24) is 0 Å². The fourth-order valence-electron chi connectivity index (χ4n) is 14.4. The van der Waals surface area contributed by atoms with Gasteiger partial charge in [-0.1, -0.05) is 156 Å². The van der Waals surface area contributed by atoms with Gasteiger partial charge in [-0.2, -0.15) is 56.3 Å². The molecule has 9 nitrogen and oxygen atoms in total. The van der Waals surface area contributed by atoms with Crippen LogP contribution in [0.4, 0.5) is 10.5 Å². The van der Waals surface area contributed by atoms with Crippen molar-refractivity contribution in [2.75, 3.05) is 19.8 Å². The fraction of sp³-hybridized carbons (Fsp3) is 0.581. The van der Waals surface area contributed by atoms with E-state index in [1.165, 1.54) is 68.1 Å². The number of ether oxygens (including phenoxy) is 4. The van der Waals surface area contributed by atoms with Gasteiger partial charge in [0.25, 0.3) is 0 Å². The maximum absolute atomic E-state index is 13.1. The number of fused-ring (bicyclic) bond motifs is 5. The average Bonchev–Trinajstić information content (AvgIpc) is 1.34. The first kappa shape index (κ1) is 76.9. The fourth-order valence-corrected chi connectivity index (χ4v) is 14.4. The molecule has 4 aromatic carbocycles. The van der Waals surface area contributed by atoms with Gasteiger partial charge in [-0.3, -0.25) is 0 Å². The van der Waals surface area contributed by atoms with Gasteiger partial charge in [-0.25, -0.2) is 9.37 Å². The Morgan fingerprint density at radius 3 is 1.92 bits per heavy atom. The maximum atomic E-state index is 13.1. The van der Waals surface area contributed by atoms with Gasteiger partial charge < -0.3 is 18.9 Å². The summed E-state index contributed by atoms with van der Waals surface area (Å²) in [7, 11) is 0. The predicted molar refractivity (Wildman–Crippen MR) is 375 cm³/mol. The van der Waals surface area contributed by atoms with Crippen molar-refractivity contribution < 1.29 is 31.2 Å². The number of carbonyl (C=O) groups is 1. The Hall–Kier alpha value is -5.16. The summed E-state index contributed by atoms with van der Waals surface area (Å²) in [6, 6.07) is 37.6. The summed E-state index contributed by atoms with van der Waals surface area (Å²) in [5.41, 5.74) is 8.94. The third-order valence-electron chi connectivity index (χ3n) is 19.1. The topological polar surface area (TPSA) is 128 Å². The summed E-state index contributed by atoms with van der Waals surface area (Å²) >= 11 is 0. The highest BCUT2D eigenvalue weighted by atomic mass is 32.1. The number of aryl methyl sites for hydroxylation is 1. The van der Waals surface area contributed by atoms with E-state index < -0.39 is 12.4 Å². The number of unbranched alkanes of at least 4 members (excludes halogenated alkanes) is 5. The van der Waals surface area contributed by atoms with E-state index in [1.54, 1.807) is 24.3 Å². The van der Waals surface area contributed by atoms with Crippen LogP contribution in [0.2, 0.25) is 0 Å². The molecule has 9 atom stereocenters. The van der Waals surface area contributed by atoms with Crippen LogP contribution in [0.1, 0.15) is 217 Å². The number of rotatable bonds is 26. The van der Waals surface area contributed by atoms with Crippen LogP contribution in [0, 0.1) is 80.3 Å². The lowest BCUT2D eigenvalue weighted by Gasteiger charge is -2.58. The first-order valence-electron chi connectivity index (χ1n) is 31.3. The lowest BCUT2D eigenvalue weighted by atomic mass is 9.47. The van der Waals surface area contributed by atoms with Crippen LogP contribution in [0.15, 0.2) is 109 Å². The minimum Gasteiger partial charge on any atom is -0.455 e. The average molecular weight is 1240 g/mol. The number of nitrogens with zero attached hydrogens (tertiary/aromatic N) is 4. The molecule has 476 valence electrons. The molecule has 4 aliphatic rings. The Balaban J connectivity index is 0.00000164. The molecule has 0 saturated heterocycles. The molecule has 86 heavy (non-hydrogen) atoms. The molecule has 12 heteroatoms. The number of hydrogen-bond donors (Lipinski definition) is 0. The smallest absolute Gasteiger partial charge is 0.455 e. The lowest BCUT2D eigenvalue weighted by molar-refractivity contribution is -0.438. The summed E-state index contributed by atoms with van der Waals surface area (Å²) in [5, 5.41) is 27.0. The zero-order valence-corrected chi connectivity index (χ0v) is 54.8. The summed E-state index contributed by atoms with van der Waals surface area (Å²) in [5.74, 6) is 5.51. The number of carbonyl (C=O) groups excluding carboxylic acids is 1. The van der Waals surface area contributed by atoms with E-state index in [-0.39, 0.29) is 69.7 Å². The molecule has 0 heterocycles. The van der Waals surface area contributed by atoms with Crippen LogP contribution in [-0.2, 0) is 20.6 Å². The van der Waals surface area contributed by atoms with Crippen molar-refractivity contribution in [3.63, 3.8) is 0 Å². The minimum atomic E-state index is -0.708. The quantitative estimate of drug-likeness (QED) is 0.0152. The van der Waals surface area contributed by atoms with Gasteiger partial charge in [0.05, 0.1) is 34.9 Å². The normalized spacial score (nSPS) is 22.2. The molecule has 3 saturated carbocycles. The molecule has 1 unspecified atom stereocenters. The van der Waals surface area contributed by atoms with E-state index in [0.29, 0.717) is 40.9 Å². The predicted octanol–water partition coefficient (Wildman–Crippen LogP) is 20.6. The van der Waals surface area contributed by atoms with Crippen molar-refractivity contribution in [1.29, 1.82) is 15.8 Å². The number of nitriles is 3. The first-order chi connectivity index (χ1) is 39.3. The maximum Gasteiger partial charge on any atom is 0.511 e. The van der Waals surface area contributed by atoms with E-state index in [0.717, 1.165) is 137 Å². The van der Waals surface area contributed by atoms with Crippen LogP contribution < -0.4 is 4.74 Å². The summed E-state index contributed by atoms with van der Waals surface area (Å²) < 4.78 is 25.9. The molecule has 0 aliphatic heterocycles. The van der Waals surface area contributed by atoms with Crippen molar-refractivity contribution in [2.45, 2.75) is 211 Å². The standard InChI is InChI=1S/C41H61NO4.C31H34N3O.2CH4.3H2S.2H2/c1-7-8-9-13-38(44-32-17-14-30(27-42)15-18-32)46-39(43)45-33-22-24-40(5)31(26-33)16-19-34-36-21-20-35(29(4)12-10-11-28(2)3)41(36,6)25-23-37(34)40;1-2-3-20-34(31-18-12-28(25-33)13-19-31)21-23-35-22-6-4-5-7-26-8-14-29(15-9-26)30-16-10-27(24-32)11-17-30;;;;;;;/h14-18,28-29,33-38H,7-13,19-26H2,1-6H3;8-19,21H,2-7,20,22-23H2,1H3;2*1H4;3*1H2;2*1H/q;+1;;;;;;;/t29-,33+,34+,35-,36+,37+,38?,40+,41-;;;;;;;;/m1......../s1/i;;;;;;;2*1+1. The van der Waals surface area contributed by atoms with Crippen LogP contribution in [-0.4, -0.2) is 49.1 Å². The van der Waals surface area contributed by atoms with Crippen LogP contribution in [0.3, 0.4) is 0 Å². The van der Waals surface area contributed by atoms with Gasteiger partial charge in [-0.05, 0) is 182 Å². The van der Waals surface area contributed by atoms with Gasteiger partial charge >= 0.3 is 6.16 Å². The molecule has 4 aliphatic carbocycles. The second kappa shape index (κ2) is 39.0. The Bertz CT molecular complexity index is 2800. The van der Waals surface area contributed by atoms with Crippen LogP contribution in [0.5, 0.6) is 5.75 Å². The van der Waals surface area contributed by atoms with Gasteiger partial charge in [0, 0.05) is 40.9 Å². The molecule has 0 spiro atoms. The highest BCUT2D eigenvalue weighted by Crippen LogP contribution is 2.67. The second-order valence-electron chi connectivity index (χ2n) is 25.0. The molecule has 3 fully saturated rings. The number of allylic oxidation sites excluding steroid dienone is 1. The molecule has 0 bridgehead atoms. The first-order valence-corrected chi connectivity index (χ1v) is 31.3. The van der Waals surface area contributed by atoms with Crippen molar-refractivity contribution >= 4 is 58.5 Å². The van der Waals surface area contributed by atoms with Gasteiger partial charge in [0.15, 0.2) is 6.21 Å². The molecule has 8 rings (SSSR count). The lowest BCUT2D eigenvalue weighted by Crippen LogP contribution is -2.51. The van der Waals surface area contributed by atoms with E-state index >= 15 is 0 Å². The van der Waals surface area contributed by atoms with Gasteiger partial charge in [-0.15, -0.1) is 0 Å². The third kappa shape index (κ3) is 21.6. The highest BCUT2D eigenvalue weighted by Gasteiger charge is 2.59. The molecular weight excluding hydrogens is 1120 g/mol. The minimum absolute atomic E-state index is 0. The van der Waals surface area contributed by atoms with Crippen molar-refractivity contribution in [3.05, 3.63) is 131 Å². The van der Waals surface area contributed by atoms with Gasteiger partial charge in [0.1, 0.15) is 25.0 Å².